The third-order valence-electron chi connectivity index (χ3n) is 2.84. The van der Waals surface area contributed by atoms with Gasteiger partial charge in [0.25, 0.3) is 0 Å². The molecule has 22 heavy (non-hydrogen) atoms. The van der Waals surface area contributed by atoms with Crippen molar-refractivity contribution in [3.05, 3.63) is 12.3 Å². The van der Waals surface area contributed by atoms with Gasteiger partial charge in [-0.15, -0.1) is 0 Å². The first-order valence-electron chi connectivity index (χ1n) is 7.59. The zero-order valence-corrected chi connectivity index (χ0v) is 13.8. The lowest BCUT2D eigenvalue weighted by Crippen LogP contribution is -2.50. The highest BCUT2D eigenvalue weighted by Gasteiger charge is 2.21. The number of carbonyl (C=O) groups is 2. The van der Waals surface area contributed by atoms with Crippen molar-refractivity contribution in [3.63, 3.8) is 0 Å². The molecule has 0 spiro atoms. The Morgan fingerprint density at radius 2 is 2.05 bits per heavy atom. The summed E-state index contributed by atoms with van der Waals surface area (Å²) in [6, 6.07) is 1.31. The van der Waals surface area contributed by atoms with Gasteiger partial charge in [0.2, 0.25) is 5.91 Å². The summed E-state index contributed by atoms with van der Waals surface area (Å²) in [5.41, 5.74) is -0.345. The molecule has 1 rings (SSSR count). The average Bonchev–Trinajstić information content (AvgIpc) is 2.88. The Morgan fingerprint density at radius 1 is 1.32 bits per heavy atom. The fourth-order valence-corrected chi connectivity index (χ4v) is 1.84. The number of anilines is 1. The van der Waals surface area contributed by atoms with Gasteiger partial charge in [0.05, 0.1) is 0 Å². The molecule has 0 atom stereocenters. The first-order valence-corrected chi connectivity index (χ1v) is 7.59. The third-order valence-corrected chi connectivity index (χ3v) is 2.84. The van der Waals surface area contributed by atoms with Crippen LogP contribution in [0.1, 0.15) is 47.0 Å². The number of carbonyl (C=O) groups excluding carboxylic acids is 2. The number of hydrogen-bond acceptors (Lipinski definition) is 4. The summed E-state index contributed by atoms with van der Waals surface area (Å²) in [5.74, 6) is 0.0456. The molecule has 7 nitrogen and oxygen atoms in total. The normalized spacial score (nSPS) is 11.1. The zero-order chi connectivity index (χ0) is 16.6. The second-order valence-electron chi connectivity index (χ2n) is 6.24. The van der Waals surface area contributed by atoms with E-state index < -0.39 is 0 Å². The summed E-state index contributed by atoms with van der Waals surface area (Å²) in [7, 11) is 0. The number of nitrogens with one attached hydrogen (secondary N) is 2. The van der Waals surface area contributed by atoms with Gasteiger partial charge in [0.15, 0.2) is 5.82 Å². The molecule has 124 valence electrons. The highest BCUT2D eigenvalue weighted by Crippen LogP contribution is 2.06. The van der Waals surface area contributed by atoms with Crippen LogP contribution in [0, 0.1) is 0 Å². The van der Waals surface area contributed by atoms with E-state index in [1.807, 2.05) is 20.8 Å². The number of unbranched alkanes of at least 4 members (excludes halogenated alkanes) is 2. The molecule has 0 aliphatic carbocycles. The molecule has 1 heterocycles. The van der Waals surface area contributed by atoms with Crippen LogP contribution in [-0.4, -0.2) is 40.6 Å². The van der Waals surface area contributed by atoms with Crippen LogP contribution in [0.15, 0.2) is 16.9 Å². The van der Waals surface area contributed by atoms with E-state index in [9.17, 15) is 9.59 Å². The van der Waals surface area contributed by atoms with Gasteiger partial charge in [0, 0.05) is 18.2 Å². The molecule has 3 amide bonds. The molecule has 0 fully saturated rings. The van der Waals surface area contributed by atoms with Gasteiger partial charge in [-0.25, -0.2) is 4.79 Å². The van der Waals surface area contributed by atoms with E-state index in [1.54, 1.807) is 6.07 Å². The van der Waals surface area contributed by atoms with Crippen molar-refractivity contribution in [1.29, 1.82) is 0 Å². The van der Waals surface area contributed by atoms with Gasteiger partial charge in [-0.3, -0.25) is 4.79 Å². The second kappa shape index (κ2) is 8.41. The minimum atomic E-state index is -0.345. The van der Waals surface area contributed by atoms with Gasteiger partial charge in [-0.2, -0.15) is 0 Å². The van der Waals surface area contributed by atoms with E-state index in [0.717, 1.165) is 19.3 Å². The summed E-state index contributed by atoms with van der Waals surface area (Å²) in [6.07, 6.45) is 4.32. The van der Waals surface area contributed by atoms with E-state index in [-0.39, 0.29) is 24.0 Å². The molecule has 7 heteroatoms. The monoisotopic (exact) mass is 310 g/mol. The number of hydrogen-bond donors (Lipinski definition) is 2. The summed E-state index contributed by atoms with van der Waals surface area (Å²) in [5, 5.41) is 9.10. The van der Waals surface area contributed by atoms with Crippen LogP contribution in [0.25, 0.3) is 0 Å². The van der Waals surface area contributed by atoms with E-state index in [0.29, 0.717) is 12.4 Å². The third kappa shape index (κ3) is 7.10. The van der Waals surface area contributed by atoms with Crippen molar-refractivity contribution in [3.8, 4) is 0 Å². The van der Waals surface area contributed by atoms with Crippen LogP contribution in [-0.2, 0) is 4.79 Å². The zero-order valence-electron chi connectivity index (χ0n) is 13.8. The number of urea groups is 1. The maximum Gasteiger partial charge on any atom is 0.318 e. The standard InChI is InChI=1S/C15H26N4O3/c1-5-6-7-9-19(14(21)17-15(2,3)4)11-13(20)16-12-8-10-22-18-12/h8,10H,5-7,9,11H2,1-4H3,(H,17,21)(H,16,18,20). The molecule has 0 aliphatic rings. The Labute approximate surface area is 131 Å². The molecular formula is C15H26N4O3. The number of aromatic nitrogens is 1. The molecule has 0 unspecified atom stereocenters. The van der Waals surface area contributed by atoms with Crippen molar-refractivity contribution in [2.24, 2.45) is 0 Å². The number of amides is 3. The first kappa shape index (κ1) is 18.0. The van der Waals surface area contributed by atoms with E-state index in [1.165, 1.54) is 11.2 Å². The van der Waals surface area contributed by atoms with Gasteiger partial charge in [0.1, 0.15) is 12.8 Å². The molecule has 0 radical (unpaired) electrons. The highest BCUT2D eigenvalue weighted by molar-refractivity contribution is 5.93. The Balaban J connectivity index is 2.59. The maximum atomic E-state index is 12.3. The van der Waals surface area contributed by atoms with Crippen molar-refractivity contribution in [2.75, 3.05) is 18.4 Å². The maximum absolute atomic E-state index is 12.3. The largest absolute Gasteiger partial charge is 0.363 e. The molecule has 2 N–H and O–H groups in total. The highest BCUT2D eigenvalue weighted by atomic mass is 16.5. The smallest absolute Gasteiger partial charge is 0.318 e. The first-order chi connectivity index (χ1) is 10.3. The van der Waals surface area contributed by atoms with Gasteiger partial charge >= 0.3 is 6.03 Å². The predicted octanol–water partition coefficient (Wildman–Crippen LogP) is 2.61. The fraction of sp³-hybridized carbons (Fsp3) is 0.667. The van der Waals surface area contributed by atoms with Crippen molar-refractivity contribution in [2.45, 2.75) is 52.5 Å². The topological polar surface area (TPSA) is 87.5 Å². The second-order valence-corrected chi connectivity index (χ2v) is 6.24. The summed E-state index contributed by atoms with van der Waals surface area (Å²) >= 11 is 0. The summed E-state index contributed by atoms with van der Waals surface area (Å²) in [6.45, 7) is 8.34. The Bertz CT molecular complexity index is 466. The summed E-state index contributed by atoms with van der Waals surface area (Å²) < 4.78 is 4.66. The lowest BCUT2D eigenvalue weighted by atomic mass is 10.1. The van der Waals surface area contributed by atoms with E-state index >= 15 is 0 Å². The van der Waals surface area contributed by atoms with Crippen LogP contribution in [0.5, 0.6) is 0 Å². The number of nitrogens with zero attached hydrogens (tertiary/aromatic N) is 2. The molecular weight excluding hydrogens is 284 g/mol. The van der Waals surface area contributed by atoms with Crippen molar-refractivity contribution < 1.29 is 14.1 Å². The molecule has 0 bridgehead atoms. The van der Waals surface area contributed by atoms with E-state index in [2.05, 4.69) is 27.2 Å². The SMILES string of the molecule is CCCCCN(CC(=O)Nc1ccon1)C(=O)NC(C)(C)C. The molecule has 0 saturated heterocycles. The van der Waals surface area contributed by atoms with Crippen LogP contribution < -0.4 is 10.6 Å². The van der Waals surface area contributed by atoms with E-state index in [4.69, 9.17) is 0 Å². The minimum absolute atomic E-state index is 0.0154. The average molecular weight is 310 g/mol. The quantitative estimate of drug-likeness (QED) is 0.758. The Kier molecular flexibility index (Phi) is 6.88. The molecule has 0 aromatic carbocycles. The number of rotatable bonds is 7. The molecule has 0 aliphatic heterocycles. The lowest BCUT2D eigenvalue weighted by molar-refractivity contribution is -0.116. The predicted molar refractivity (Wildman–Crippen MR) is 84.5 cm³/mol. The molecule has 1 aromatic rings. The molecule has 1 aromatic heterocycles. The van der Waals surface area contributed by atoms with Crippen LogP contribution in [0.3, 0.4) is 0 Å². The van der Waals surface area contributed by atoms with Crippen LogP contribution in [0.2, 0.25) is 0 Å². The lowest BCUT2D eigenvalue weighted by Gasteiger charge is -2.28. The van der Waals surface area contributed by atoms with Crippen molar-refractivity contribution in [1.82, 2.24) is 15.4 Å². The Hall–Kier alpha value is -2.05. The van der Waals surface area contributed by atoms with Crippen LogP contribution in [0.4, 0.5) is 10.6 Å². The van der Waals surface area contributed by atoms with Crippen LogP contribution >= 0.6 is 0 Å². The Morgan fingerprint density at radius 3 is 2.59 bits per heavy atom. The van der Waals surface area contributed by atoms with Gasteiger partial charge in [-0.1, -0.05) is 24.9 Å². The van der Waals surface area contributed by atoms with Gasteiger partial charge in [-0.05, 0) is 27.2 Å². The molecule has 0 saturated carbocycles. The fourth-order valence-electron chi connectivity index (χ4n) is 1.84. The summed E-state index contributed by atoms with van der Waals surface area (Å²) in [4.78, 5) is 25.8. The van der Waals surface area contributed by atoms with Gasteiger partial charge < -0.3 is 20.1 Å². The minimum Gasteiger partial charge on any atom is -0.363 e. The van der Waals surface area contributed by atoms with Crippen molar-refractivity contribution >= 4 is 17.8 Å².